The van der Waals surface area contributed by atoms with Gasteiger partial charge in [-0.3, -0.25) is 14.9 Å². The summed E-state index contributed by atoms with van der Waals surface area (Å²) in [5.74, 6) is -1.86. The molecule has 130 valence electrons. The van der Waals surface area contributed by atoms with E-state index in [1.54, 1.807) is 6.92 Å². The standard InChI is InChI=1S/C17H14FNO6/c1-2-24-16-8-5-12(9-14(16)19(22)23)17(21)25-10-15(20)11-3-6-13(18)7-4-11/h3-9H,2,10H2,1H3. The second-order valence-corrected chi connectivity index (χ2v) is 4.88. The number of hydrogen-bond acceptors (Lipinski definition) is 6. The van der Waals surface area contributed by atoms with Crippen LogP contribution in [0.15, 0.2) is 42.5 Å². The lowest BCUT2D eigenvalue weighted by molar-refractivity contribution is -0.385. The quantitative estimate of drug-likeness (QED) is 0.330. The monoisotopic (exact) mass is 347 g/mol. The van der Waals surface area contributed by atoms with Crippen molar-refractivity contribution in [2.45, 2.75) is 6.92 Å². The van der Waals surface area contributed by atoms with E-state index in [-0.39, 0.29) is 29.2 Å². The van der Waals surface area contributed by atoms with Gasteiger partial charge in [-0.1, -0.05) is 0 Å². The van der Waals surface area contributed by atoms with Crippen molar-refractivity contribution in [2.75, 3.05) is 13.2 Å². The van der Waals surface area contributed by atoms with E-state index < -0.39 is 29.1 Å². The van der Waals surface area contributed by atoms with Crippen LogP contribution in [0.4, 0.5) is 10.1 Å². The van der Waals surface area contributed by atoms with Crippen LogP contribution >= 0.6 is 0 Å². The maximum absolute atomic E-state index is 12.8. The van der Waals surface area contributed by atoms with Gasteiger partial charge in [0, 0.05) is 11.6 Å². The Morgan fingerprint density at radius 3 is 2.36 bits per heavy atom. The Morgan fingerprint density at radius 1 is 1.12 bits per heavy atom. The Balaban J connectivity index is 2.07. The first kappa shape index (κ1) is 18.1. The molecule has 2 aromatic rings. The van der Waals surface area contributed by atoms with Crippen LogP contribution < -0.4 is 4.74 Å². The molecule has 0 unspecified atom stereocenters. The fraction of sp³-hybridized carbons (Fsp3) is 0.176. The van der Waals surface area contributed by atoms with E-state index in [0.717, 1.165) is 18.2 Å². The van der Waals surface area contributed by atoms with Gasteiger partial charge in [0.05, 0.1) is 17.1 Å². The van der Waals surface area contributed by atoms with Crippen molar-refractivity contribution in [1.29, 1.82) is 0 Å². The molecule has 0 atom stereocenters. The lowest BCUT2D eigenvalue weighted by Crippen LogP contribution is -2.14. The third kappa shape index (κ3) is 4.60. The normalized spacial score (nSPS) is 10.2. The van der Waals surface area contributed by atoms with Crippen LogP contribution in [0.5, 0.6) is 5.75 Å². The Morgan fingerprint density at radius 2 is 1.76 bits per heavy atom. The number of Topliss-reactive ketones (excluding diaryl/α,β-unsaturated/α-hetero) is 1. The zero-order valence-corrected chi connectivity index (χ0v) is 13.2. The highest BCUT2D eigenvalue weighted by Gasteiger charge is 2.20. The summed E-state index contributed by atoms with van der Waals surface area (Å²) in [4.78, 5) is 34.2. The van der Waals surface area contributed by atoms with Crippen molar-refractivity contribution in [3.63, 3.8) is 0 Å². The van der Waals surface area contributed by atoms with Crippen molar-refractivity contribution in [3.8, 4) is 5.75 Å². The molecule has 0 radical (unpaired) electrons. The molecule has 25 heavy (non-hydrogen) atoms. The maximum Gasteiger partial charge on any atom is 0.338 e. The first-order chi connectivity index (χ1) is 11.9. The number of halogens is 1. The molecule has 8 heteroatoms. The Hall–Kier alpha value is -3.29. The highest BCUT2D eigenvalue weighted by molar-refractivity contribution is 5.99. The smallest absolute Gasteiger partial charge is 0.338 e. The van der Waals surface area contributed by atoms with E-state index in [9.17, 15) is 24.1 Å². The van der Waals surface area contributed by atoms with Gasteiger partial charge in [-0.05, 0) is 43.3 Å². The van der Waals surface area contributed by atoms with Crippen LogP contribution in [0.3, 0.4) is 0 Å². The van der Waals surface area contributed by atoms with Crippen molar-refractivity contribution in [2.24, 2.45) is 0 Å². The first-order valence-corrected chi connectivity index (χ1v) is 7.29. The summed E-state index contributed by atoms with van der Waals surface area (Å²) in [6.07, 6.45) is 0. The van der Waals surface area contributed by atoms with Crippen LogP contribution in [0, 0.1) is 15.9 Å². The van der Waals surface area contributed by atoms with E-state index >= 15 is 0 Å². The Labute approximate surface area is 142 Å². The molecule has 0 aliphatic rings. The molecule has 2 rings (SSSR count). The zero-order chi connectivity index (χ0) is 18.4. The van der Waals surface area contributed by atoms with Gasteiger partial charge in [0.1, 0.15) is 5.82 Å². The maximum atomic E-state index is 12.8. The van der Waals surface area contributed by atoms with E-state index in [0.29, 0.717) is 0 Å². The van der Waals surface area contributed by atoms with Crippen LogP contribution in [0.2, 0.25) is 0 Å². The topological polar surface area (TPSA) is 95.7 Å². The lowest BCUT2D eigenvalue weighted by Gasteiger charge is -2.07. The third-order valence-corrected chi connectivity index (χ3v) is 3.19. The molecule has 0 bridgehead atoms. The molecule has 0 aliphatic heterocycles. The molecule has 7 nitrogen and oxygen atoms in total. The SMILES string of the molecule is CCOc1ccc(C(=O)OCC(=O)c2ccc(F)cc2)cc1[N+](=O)[O-]. The van der Waals surface area contributed by atoms with Crippen LogP contribution in [-0.2, 0) is 4.74 Å². The fourth-order valence-corrected chi connectivity index (χ4v) is 2.00. The van der Waals surface area contributed by atoms with Crippen LogP contribution in [0.1, 0.15) is 27.6 Å². The number of benzene rings is 2. The first-order valence-electron chi connectivity index (χ1n) is 7.29. The minimum absolute atomic E-state index is 0.0337. The fourth-order valence-electron chi connectivity index (χ4n) is 2.00. The summed E-state index contributed by atoms with van der Waals surface area (Å²) in [5.41, 5.74) is -0.268. The largest absolute Gasteiger partial charge is 0.487 e. The van der Waals surface area contributed by atoms with E-state index in [4.69, 9.17) is 9.47 Å². The summed E-state index contributed by atoms with van der Waals surface area (Å²) in [7, 11) is 0. The van der Waals surface area contributed by atoms with Gasteiger partial charge in [0.15, 0.2) is 18.1 Å². The number of nitrogens with zero attached hydrogens (tertiary/aromatic N) is 1. The van der Waals surface area contributed by atoms with Crippen molar-refractivity contribution < 1.29 is 28.4 Å². The lowest BCUT2D eigenvalue weighted by atomic mass is 10.1. The predicted octanol–water partition coefficient (Wildman–Crippen LogP) is 3.17. The molecular formula is C17H14FNO6. The van der Waals surface area contributed by atoms with Gasteiger partial charge in [-0.15, -0.1) is 0 Å². The number of nitro groups is 1. The average molecular weight is 347 g/mol. The van der Waals surface area contributed by atoms with Gasteiger partial charge < -0.3 is 9.47 Å². The van der Waals surface area contributed by atoms with Crippen molar-refractivity contribution in [3.05, 3.63) is 69.5 Å². The van der Waals surface area contributed by atoms with Crippen LogP contribution in [0.25, 0.3) is 0 Å². The van der Waals surface area contributed by atoms with E-state index in [1.165, 1.54) is 24.3 Å². The Bertz CT molecular complexity index is 803. The van der Waals surface area contributed by atoms with Gasteiger partial charge in [0.2, 0.25) is 0 Å². The number of nitro benzene ring substituents is 1. The molecule has 0 spiro atoms. The molecular weight excluding hydrogens is 333 g/mol. The summed E-state index contributed by atoms with van der Waals surface area (Å²) in [5, 5.41) is 11.0. The number of ketones is 1. The Kier molecular flexibility index (Phi) is 5.78. The predicted molar refractivity (Wildman–Crippen MR) is 85.3 cm³/mol. The highest BCUT2D eigenvalue weighted by Crippen LogP contribution is 2.28. The van der Waals surface area contributed by atoms with E-state index in [2.05, 4.69) is 0 Å². The van der Waals surface area contributed by atoms with E-state index in [1.807, 2.05) is 0 Å². The number of esters is 1. The van der Waals surface area contributed by atoms with Crippen molar-refractivity contribution >= 4 is 17.4 Å². The summed E-state index contributed by atoms with van der Waals surface area (Å²) >= 11 is 0. The molecule has 0 N–H and O–H groups in total. The molecule has 0 saturated heterocycles. The molecule has 0 fully saturated rings. The molecule has 0 aromatic heterocycles. The third-order valence-electron chi connectivity index (χ3n) is 3.19. The number of carbonyl (C=O) groups excluding carboxylic acids is 2. The minimum Gasteiger partial charge on any atom is -0.487 e. The number of carbonyl (C=O) groups is 2. The molecule has 0 saturated carbocycles. The summed E-state index contributed by atoms with van der Waals surface area (Å²) < 4.78 is 22.8. The van der Waals surface area contributed by atoms with Crippen molar-refractivity contribution in [1.82, 2.24) is 0 Å². The molecule has 2 aromatic carbocycles. The summed E-state index contributed by atoms with van der Waals surface area (Å²) in [6, 6.07) is 8.40. The number of rotatable bonds is 7. The van der Waals surface area contributed by atoms with Gasteiger partial charge in [-0.25, -0.2) is 9.18 Å². The van der Waals surface area contributed by atoms with Crippen LogP contribution in [-0.4, -0.2) is 29.9 Å². The second-order valence-electron chi connectivity index (χ2n) is 4.88. The molecule has 0 heterocycles. The number of ether oxygens (including phenoxy) is 2. The van der Waals surface area contributed by atoms with Gasteiger partial charge >= 0.3 is 11.7 Å². The zero-order valence-electron chi connectivity index (χ0n) is 13.2. The average Bonchev–Trinajstić information content (AvgIpc) is 2.60. The minimum atomic E-state index is -0.887. The number of hydrogen-bond donors (Lipinski definition) is 0. The van der Waals surface area contributed by atoms with Gasteiger partial charge in [0.25, 0.3) is 0 Å². The second kappa shape index (κ2) is 8.00. The molecule has 0 aliphatic carbocycles. The van der Waals surface area contributed by atoms with Gasteiger partial charge in [-0.2, -0.15) is 0 Å². The molecule has 0 amide bonds. The summed E-state index contributed by atoms with van der Waals surface area (Å²) in [6.45, 7) is 1.34. The highest BCUT2D eigenvalue weighted by atomic mass is 19.1.